The SMILES string of the molecule is CCN1CCC(Cc2nc3cccnc3n2CCCO)C1. The van der Waals surface area contributed by atoms with E-state index in [0.717, 1.165) is 42.9 Å². The molecule has 3 rings (SSSR count). The van der Waals surface area contributed by atoms with Crippen LogP contribution in [-0.2, 0) is 13.0 Å². The van der Waals surface area contributed by atoms with Crippen LogP contribution < -0.4 is 0 Å². The summed E-state index contributed by atoms with van der Waals surface area (Å²) in [5, 5.41) is 9.12. The molecule has 1 aliphatic rings. The van der Waals surface area contributed by atoms with E-state index < -0.39 is 0 Å². The van der Waals surface area contributed by atoms with Crippen molar-refractivity contribution in [3.8, 4) is 0 Å². The zero-order chi connectivity index (χ0) is 14.7. The zero-order valence-corrected chi connectivity index (χ0v) is 12.7. The molecule has 114 valence electrons. The standard InChI is InChI=1S/C16H24N4O/c1-2-19-9-6-13(12-19)11-15-18-14-5-3-7-17-16(14)20(15)8-4-10-21/h3,5,7,13,21H,2,4,6,8-12H2,1H3. The van der Waals surface area contributed by atoms with Gasteiger partial charge in [0.05, 0.1) is 0 Å². The van der Waals surface area contributed by atoms with Gasteiger partial charge in [-0.05, 0) is 44.0 Å². The summed E-state index contributed by atoms with van der Waals surface area (Å²) < 4.78 is 2.19. The van der Waals surface area contributed by atoms with E-state index >= 15 is 0 Å². The zero-order valence-electron chi connectivity index (χ0n) is 12.7. The highest BCUT2D eigenvalue weighted by atomic mass is 16.3. The molecule has 1 saturated heterocycles. The summed E-state index contributed by atoms with van der Waals surface area (Å²) in [6, 6.07) is 3.96. The highest BCUT2D eigenvalue weighted by Crippen LogP contribution is 2.22. The van der Waals surface area contributed by atoms with Crippen molar-refractivity contribution in [3.05, 3.63) is 24.2 Å². The van der Waals surface area contributed by atoms with Crippen molar-refractivity contribution in [2.45, 2.75) is 32.7 Å². The molecule has 1 unspecified atom stereocenters. The molecule has 2 aromatic rings. The van der Waals surface area contributed by atoms with Gasteiger partial charge in [0.15, 0.2) is 5.65 Å². The lowest BCUT2D eigenvalue weighted by molar-refractivity contribution is 0.279. The molecule has 0 aliphatic carbocycles. The van der Waals surface area contributed by atoms with Crippen LogP contribution in [0.2, 0.25) is 0 Å². The number of rotatable bonds is 6. The van der Waals surface area contributed by atoms with Gasteiger partial charge >= 0.3 is 0 Å². The maximum atomic E-state index is 9.12. The van der Waals surface area contributed by atoms with Gasteiger partial charge in [-0.25, -0.2) is 9.97 Å². The van der Waals surface area contributed by atoms with Crippen molar-refractivity contribution in [1.82, 2.24) is 19.4 Å². The Morgan fingerprint density at radius 2 is 2.33 bits per heavy atom. The first-order valence-corrected chi connectivity index (χ1v) is 7.95. The Labute approximate surface area is 125 Å². The number of aromatic nitrogens is 3. The summed E-state index contributed by atoms with van der Waals surface area (Å²) >= 11 is 0. The van der Waals surface area contributed by atoms with E-state index in [2.05, 4.69) is 21.4 Å². The third-order valence-corrected chi connectivity index (χ3v) is 4.41. The maximum Gasteiger partial charge on any atom is 0.159 e. The minimum Gasteiger partial charge on any atom is -0.396 e. The number of likely N-dealkylation sites (tertiary alicyclic amines) is 1. The largest absolute Gasteiger partial charge is 0.396 e. The van der Waals surface area contributed by atoms with Crippen LogP contribution in [0.1, 0.15) is 25.6 Å². The van der Waals surface area contributed by atoms with E-state index in [1.165, 1.54) is 19.5 Å². The number of pyridine rings is 1. The molecule has 0 saturated carbocycles. The lowest BCUT2D eigenvalue weighted by atomic mass is 10.0. The molecule has 0 radical (unpaired) electrons. The molecule has 2 aromatic heterocycles. The fraction of sp³-hybridized carbons (Fsp3) is 0.625. The summed E-state index contributed by atoms with van der Waals surface area (Å²) in [6.45, 7) is 6.74. The summed E-state index contributed by atoms with van der Waals surface area (Å²) in [5.41, 5.74) is 1.92. The van der Waals surface area contributed by atoms with Crippen LogP contribution in [0.25, 0.3) is 11.2 Å². The average molecular weight is 288 g/mol. The van der Waals surface area contributed by atoms with Gasteiger partial charge in [-0.1, -0.05) is 6.92 Å². The quantitative estimate of drug-likeness (QED) is 0.879. The lowest BCUT2D eigenvalue weighted by Gasteiger charge is -2.14. The molecule has 0 spiro atoms. The fourth-order valence-electron chi connectivity index (χ4n) is 3.25. The molecule has 21 heavy (non-hydrogen) atoms. The van der Waals surface area contributed by atoms with Crippen molar-refractivity contribution < 1.29 is 5.11 Å². The van der Waals surface area contributed by atoms with Gasteiger partial charge in [0.1, 0.15) is 11.3 Å². The Morgan fingerprint density at radius 1 is 1.43 bits per heavy atom. The van der Waals surface area contributed by atoms with Crippen molar-refractivity contribution in [3.63, 3.8) is 0 Å². The van der Waals surface area contributed by atoms with Crippen molar-refractivity contribution in [1.29, 1.82) is 0 Å². The van der Waals surface area contributed by atoms with E-state index in [-0.39, 0.29) is 6.61 Å². The van der Waals surface area contributed by atoms with Gasteiger partial charge in [-0.3, -0.25) is 0 Å². The van der Waals surface area contributed by atoms with Gasteiger partial charge in [0, 0.05) is 32.3 Å². The second-order valence-electron chi connectivity index (χ2n) is 5.86. The van der Waals surface area contributed by atoms with Gasteiger partial charge in [0.25, 0.3) is 0 Å². The third kappa shape index (κ3) is 3.09. The van der Waals surface area contributed by atoms with E-state index in [1.54, 1.807) is 0 Å². The summed E-state index contributed by atoms with van der Waals surface area (Å²) in [5.74, 6) is 1.81. The van der Waals surface area contributed by atoms with E-state index in [9.17, 15) is 0 Å². The number of hydrogen-bond acceptors (Lipinski definition) is 4. The molecule has 1 aliphatic heterocycles. The van der Waals surface area contributed by atoms with Gasteiger partial charge in [-0.15, -0.1) is 0 Å². The molecule has 3 heterocycles. The van der Waals surface area contributed by atoms with Gasteiger partial charge < -0.3 is 14.6 Å². The van der Waals surface area contributed by atoms with Crippen LogP contribution in [0.5, 0.6) is 0 Å². The number of imidazole rings is 1. The second-order valence-corrected chi connectivity index (χ2v) is 5.86. The Morgan fingerprint density at radius 3 is 3.10 bits per heavy atom. The van der Waals surface area contributed by atoms with Crippen LogP contribution in [-0.4, -0.2) is 50.8 Å². The molecule has 1 fully saturated rings. The first kappa shape index (κ1) is 14.5. The fourth-order valence-corrected chi connectivity index (χ4v) is 3.25. The monoisotopic (exact) mass is 288 g/mol. The molecule has 0 bridgehead atoms. The van der Waals surface area contributed by atoms with Crippen LogP contribution in [0.15, 0.2) is 18.3 Å². The molecular formula is C16H24N4O. The minimum absolute atomic E-state index is 0.207. The number of nitrogens with zero attached hydrogens (tertiary/aromatic N) is 4. The van der Waals surface area contributed by atoms with Crippen molar-refractivity contribution >= 4 is 11.2 Å². The van der Waals surface area contributed by atoms with Crippen LogP contribution in [0.3, 0.4) is 0 Å². The second kappa shape index (κ2) is 6.54. The number of aryl methyl sites for hydroxylation is 1. The number of aliphatic hydroxyl groups excluding tert-OH is 1. The Kier molecular flexibility index (Phi) is 4.51. The van der Waals surface area contributed by atoms with Crippen molar-refractivity contribution in [2.24, 2.45) is 5.92 Å². The minimum atomic E-state index is 0.207. The lowest BCUT2D eigenvalue weighted by Crippen LogP contribution is -2.21. The number of hydrogen-bond donors (Lipinski definition) is 1. The first-order chi connectivity index (χ1) is 10.3. The Balaban J connectivity index is 1.83. The van der Waals surface area contributed by atoms with Crippen LogP contribution in [0.4, 0.5) is 0 Å². The first-order valence-electron chi connectivity index (χ1n) is 7.95. The molecule has 5 heteroatoms. The average Bonchev–Trinajstić information content (AvgIpc) is 3.09. The molecule has 0 aromatic carbocycles. The van der Waals surface area contributed by atoms with Crippen LogP contribution >= 0.6 is 0 Å². The number of aliphatic hydroxyl groups is 1. The Hall–Kier alpha value is -1.46. The summed E-state index contributed by atoms with van der Waals surface area (Å²) in [6.07, 6.45) is 4.83. The molecular weight excluding hydrogens is 264 g/mol. The normalized spacial score (nSPS) is 19.6. The third-order valence-electron chi connectivity index (χ3n) is 4.41. The predicted octanol–water partition coefficient (Wildman–Crippen LogP) is 1.70. The summed E-state index contributed by atoms with van der Waals surface area (Å²) in [7, 11) is 0. The Bertz CT molecular complexity index is 595. The van der Waals surface area contributed by atoms with Crippen molar-refractivity contribution in [2.75, 3.05) is 26.2 Å². The molecule has 5 nitrogen and oxygen atoms in total. The predicted molar refractivity (Wildman–Crippen MR) is 83.2 cm³/mol. The molecule has 1 atom stereocenters. The summed E-state index contributed by atoms with van der Waals surface area (Å²) in [4.78, 5) is 11.8. The number of fused-ring (bicyclic) bond motifs is 1. The van der Waals surface area contributed by atoms with Crippen LogP contribution in [0, 0.1) is 5.92 Å². The van der Waals surface area contributed by atoms with E-state index in [0.29, 0.717) is 5.92 Å². The topological polar surface area (TPSA) is 54.2 Å². The maximum absolute atomic E-state index is 9.12. The van der Waals surface area contributed by atoms with Gasteiger partial charge in [0.2, 0.25) is 0 Å². The van der Waals surface area contributed by atoms with E-state index in [1.807, 2.05) is 18.3 Å². The van der Waals surface area contributed by atoms with E-state index in [4.69, 9.17) is 10.1 Å². The van der Waals surface area contributed by atoms with Gasteiger partial charge in [-0.2, -0.15) is 0 Å². The molecule has 0 amide bonds. The molecule has 1 N–H and O–H groups in total. The highest BCUT2D eigenvalue weighted by Gasteiger charge is 2.23. The smallest absolute Gasteiger partial charge is 0.159 e. The highest BCUT2D eigenvalue weighted by molar-refractivity contribution is 5.71.